The van der Waals surface area contributed by atoms with Crippen LogP contribution in [0.4, 0.5) is 0 Å². The maximum Gasteiger partial charge on any atom is 0.138 e. The highest BCUT2D eigenvalue weighted by atomic mass is 16.5. The molecule has 0 fully saturated rings. The molecule has 2 aromatic carbocycles. The van der Waals surface area contributed by atoms with E-state index in [4.69, 9.17) is 14.2 Å². The SMILES string of the molecule is Cc1c(O)c2c(c3c1OC(C)(C)C=C3)OCC(c1ccc(O)c3c1OC(C)(C)C=C3)C2. The molecule has 2 aromatic rings. The predicted molar refractivity (Wildman–Crippen MR) is 120 cm³/mol. The molecule has 2 N–H and O–H groups in total. The largest absolute Gasteiger partial charge is 0.507 e. The number of fused-ring (bicyclic) bond motifs is 4. The highest BCUT2D eigenvalue weighted by Gasteiger charge is 2.36. The van der Waals surface area contributed by atoms with Gasteiger partial charge in [0.2, 0.25) is 0 Å². The number of ether oxygens (including phenoxy) is 3. The van der Waals surface area contributed by atoms with Crippen molar-refractivity contribution in [3.63, 3.8) is 0 Å². The lowest BCUT2D eigenvalue weighted by atomic mass is 9.84. The van der Waals surface area contributed by atoms with Crippen molar-refractivity contribution in [3.05, 3.63) is 52.1 Å². The van der Waals surface area contributed by atoms with Gasteiger partial charge < -0.3 is 24.4 Å². The third kappa shape index (κ3) is 3.14. The second-order valence-electron chi connectivity index (χ2n) is 9.73. The molecule has 0 saturated carbocycles. The molecule has 162 valence electrons. The first-order chi connectivity index (χ1) is 14.6. The Morgan fingerprint density at radius 2 is 1.52 bits per heavy atom. The fourth-order valence-corrected chi connectivity index (χ4v) is 4.60. The minimum absolute atomic E-state index is 0.0163. The zero-order valence-electron chi connectivity index (χ0n) is 18.6. The molecule has 0 amide bonds. The topological polar surface area (TPSA) is 68.2 Å². The summed E-state index contributed by atoms with van der Waals surface area (Å²) in [4.78, 5) is 0. The second-order valence-corrected chi connectivity index (χ2v) is 9.73. The number of hydrogen-bond acceptors (Lipinski definition) is 5. The van der Waals surface area contributed by atoms with Crippen LogP contribution in [0, 0.1) is 6.92 Å². The van der Waals surface area contributed by atoms with Crippen LogP contribution < -0.4 is 14.2 Å². The third-order valence-corrected chi connectivity index (χ3v) is 6.30. The average molecular weight is 421 g/mol. The summed E-state index contributed by atoms with van der Waals surface area (Å²) in [6.45, 7) is 10.3. The van der Waals surface area contributed by atoms with E-state index in [2.05, 4.69) is 0 Å². The van der Waals surface area contributed by atoms with Gasteiger partial charge in [0.25, 0.3) is 0 Å². The molecule has 3 heterocycles. The van der Waals surface area contributed by atoms with Gasteiger partial charge in [-0.25, -0.2) is 0 Å². The summed E-state index contributed by atoms with van der Waals surface area (Å²) in [5.41, 5.74) is 3.16. The van der Waals surface area contributed by atoms with Crippen LogP contribution >= 0.6 is 0 Å². The Balaban J connectivity index is 1.58. The van der Waals surface area contributed by atoms with Crippen LogP contribution in [0.1, 0.15) is 61.4 Å². The van der Waals surface area contributed by atoms with Crippen molar-refractivity contribution >= 4 is 12.2 Å². The fraction of sp³-hybridized carbons (Fsp3) is 0.385. The molecule has 0 radical (unpaired) electrons. The third-order valence-electron chi connectivity index (χ3n) is 6.30. The van der Waals surface area contributed by atoms with Crippen LogP contribution in [-0.4, -0.2) is 28.0 Å². The number of phenolic OH excluding ortho intramolecular Hbond substituents is 2. The van der Waals surface area contributed by atoms with E-state index in [9.17, 15) is 10.2 Å². The second kappa shape index (κ2) is 6.46. The monoisotopic (exact) mass is 420 g/mol. The Morgan fingerprint density at radius 1 is 0.871 bits per heavy atom. The Bertz CT molecular complexity index is 1150. The molecule has 0 aromatic heterocycles. The van der Waals surface area contributed by atoms with Gasteiger partial charge in [0.15, 0.2) is 0 Å². The van der Waals surface area contributed by atoms with Gasteiger partial charge in [-0.2, -0.15) is 0 Å². The van der Waals surface area contributed by atoms with Crippen LogP contribution in [0.15, 0.2) is 24.3 Å². The maximum absolute atomic E-state index is 11.0. The van der Waals surface area contributed by atoms with Crippen molar-refractivity contribution in [1.82, 2.24) is 0 Å². The first-order valence-corrected chi connectivity index (χ1v) is 10.7. The summed E-state index contributed by atoms with van der Waals surface area (Å²) in [7, 11) is 0. The minimum atomic E-state index is -0.463. The van der Waals surface area contributed by atoms with Crippen molar-refractivity contribution in [1.29, 1.82) is 0 Å². The zero-order valence-corrected chi connectivity index (χ0v) is 18.6. The van der Waals surface area contributed by atoms with Crippen LogP contribution in [0.2, 0.25) is 0 Å². The summed E-state index contributed by atoms with van der Waals surface area (Å²) in [5, 5.41) is 21.4. The van der Waals surface area contributed by atoms with Crippen LogP contribution in [0.25, 0.3) is 12.2 Å². The van der Waals surface area contributed by atoms with Gasteiger partial charge in [0, 0.05) is 22.6 Å². The molecule has 31 heavy (non-hydrogen) atoms. The van der Waals surface area contributed by atoms with E-state index in [1.807, 2.05) is 65.0 Å². The lowest BCUT2D eigenvalue weighted by Gasteiger charge is -2.35. The minimum Gasteiger partial charge on any atom is -0.507 e. The fourth-order valence-electron chi connectivity index (χ4n) is 4.60. The van der Waals surface area contributed by atoms with E-state index in [1.54, 1.807) is 6.07 Å². The summed E-state index contributed by atoms with van der Waals surface area (Å²) >= 11 is 0. The van der Waals surface area contributed by atoms with Gasteiger partial charge in [0.1, 0.15) is 39.9 Å². The maximum atomic E-state index is 11.0. The molecule has 1 unspecified atom stereocenters. The molecule has 3 aliphatic rings. The molecular weight excluding hydrogens is 392 g/mol. The highest BCUT2D eigenvalue weighted by molar-refractivity contribution is 5.75. The Labute approximate surface area is 182 Å². The molecule has 0 aliphatic carbocycles. The van der Waals surface area contributed by atoms with Gasteiger partial charge >= 0.3 is 0 Å². The Kier molecular flexibility index (Phi) is 4.14. The Morgan fingerprint density at radius 3 is 2.23 bits per heavy atom. The first kappa shape index (κ1) is 19.9. The lowest BCUT2D eigenvalue weighted by Crippen LogP contribution is -2.30. The van der Waals surface area contributed by atoms with Gasteiger partial charge in [-0.05, 0) is 71.4 Å². The standard InChI is InChI=1S/C26H28O5/c1-14-21(28)19-12-15(13-29-23(19)18-9-11-25(2,3)30-22(14)18)16-6-7-20(27)17-8-10-26(4,5)31-24(16)17/h6-11,15,27-28H,12-13H2,1-5H3. The average Bonchev–Trinajstić information content (AvgIpc) is 2.70. The van der Waals surface area contributed by atoms with E-state index in [1.165, 1.54) is 0 Å². The summed E-state index contributed by atoms with van der Waals surface area (Å²) in [5.74, 6) is 2.45. The number of benzene rings is 2. The van der Waals surface area contributed by atoms with Gasteiger partial charge in [0.05, 0.1) is 17.7 Å². The summed E-state index contributed by atoms with van der Waals surface area (Å²) in [6, 6.07) is 3.60. The van der Waals surface area contributed by atoms with Crippen molar-refractivity contribution in [2.45, 2.75) is 58.2 Å². The van der Waals surface area contributed by atoms with E-state index in [0.717, 1.165) is 22.3 Å². The normalized spacial score (nSPS) is 21.8. The quantitative estimate of drug-likeness (QED) is 0.638. The van der Waals surface area contributed by atoms with E-state index < -0.39 is 11.2 Å². The number of phenols is 2. The highest BCUT2D eigenvalue weighted by Crippen LogP contribution is 2.51. The first-order valence-electron chi connectivity index (χ1n) is 10.7. The number of aromatic hydroxyl groups is 2. The zero-order chi connectivity index (χ0) is 22.1. The summed E-state index contributed by atoms with van der Waals surface area (Å²) in [6.07, 6.45) is 8.51. The van der Waals surface area contributed by atoms with Crippen LogP contribution in [0.3, 0.4) is 0 Å². The van der Waals surface area contributed by atoms with Gasteiger partial charge in [-0.3, -0.25) is 0 Å². The molecule has 0 bridgehead atoms. The number of rotatable bonds is 1. The lowest BCUT2D eigenvalue weighted by molar-refractivity contribution is 0.151. The predicted octanol–water partition coefficient (Wildman–Crippen LogP) is 5.49. The van der Waals surface area contributed by atoms with Crippen molar-refractivity contribution in [2.24, 2.45) is 0 Å². The van der Waals surface area contributed by atoms with E-state index in [-0.39, 0.29) is 17.4 Å². The molecule has 1 atom stereocenters. The van der Waals surface area contributed by atoms with Crippen molar-refractivity contribution in [2.75, 3.05) is 6.61 Å². The van der Waals surface area contributed by atoms with E-state index in [0.29, 0.717) is 35.8 Å². The molecule has 5 rings (SSSR count). The smallest absolute Gasteiger partial charge is 0.138 e. The van der Waals surface area contributed by atoms with Crippen molar-refractivity contribution in [3.8, 4) is 28.7 Å². The molecule has 5 nitrogen and oxygen atoms in total. The summed E-state index contributed by atoms with van der Waals surface area (Å²) < 4.78 is 18.6. The van der Waals surface area contributed by atoms with E-state index >= 15 is 0 Å². The molecule has 0 saturated heterocycles. The molecular formula is C26H28O5. The number of hydrogen-bond donors (Lipinski definition) is 2. The van der Waals surface area contributed by atoms with Crippen LogP contribution in [0.5, 0.6) is 28.7 Å². The molecule has 5 heteroatoms. The van der Waals surface area contributed by atoms with Crippen molar-refractivity contribution < 1.29 is 24.4 Å². The molecule has 0 spiro atoms. The van der Waals surface area contributed by atoms with Crippen LogP contribution in [-0.2, 0) is 6.42 Å². The Hall–Kier alpha value is -3.08. The van der Waals surface area contributed by atoms with Gasteiger partial charge in [-0.15, -0.1) is 0 Å². The molecule has 3 aliphatic heterocycles. The van der Waals surface area contributed by atoms with Gasteiger partial charge in [-0.1, -0.05) is 6.07 Å².